The third kappa shape index (κ3) is 6.41. The molecular weight excluding hydrogens is 501 g/mol. The zero-order chi connectivity index (χ0) is 27.4. The van der Waals surface area contributed by atoms with E-state index < -0.39 is 6.61 Å². The van der Waals surface area contributed by atoms with Crippen molar-refractivity contribution in [2.24, 2.45) is 0 Å². The van der Waals surface area contributed by atoms with E-state index in [9.17, 15) is 13.2 Å². The fourth-order valence-electron chi connectivity index (χ4n) is 5.83. The summed E-state index contributed by atoms with van der Waals surface area (Å²) in [5.41, 5.74) is 14.5. The topological polar surface area (TPSA) is 47.7 Å². The van der Waals surface area contributed by atoms with Crippen LogP contribution in [0.3, 0.4) is 0 Å². The molecular formula is C32H35F3N2O2. The molecule has 1 atom stereocenters. The molecule has 2 N–H and O–H groups in total. The minimum absolute atomic E-state index is 0.100. The molecule has 0 bridgehead atoms. The van der Waals surface area contributed by atoms with Gasteiger partial charge in [0.05, 0.1) is 6.67 Å². The van der Waals surface area contributed by atoms with Gasteiger partial charge in [-0.05, 0) is 114 Å². The van der Waals surface area contributed by atoms with Gasteiger partial charge in [-0.2, -0.15) is 8.78 Å². The molecule has 39 heavy (non-hydrogen) atoms. The van der Waals surface area contributed by atoms with Crippen molar-refractivity contribution in [3.63, 3.8) is 0 Å². The Hall–Kier alpha value is -3.45. The number of anilines is 1. The lowest BCUT2D eigenvalue weighted by atomic mass is 9.86. The molecule has 1 fully saturated rings. The third-order valence-corrected chi connectivity index (χ3v) is 7.60. The molecule has 1 aliphatic heterocycles. The summed E-state index contributed by atoms with van der Waals surface area (Å²) >= 11 is 0. The first-order chi connectivity index (χ1) is 18.9. The maximum Gasteiger partial charge on any atom is 0.387 e. The SMILES string of the molecule is Cc1cc(OC(F)F)ccc1C1=C(c2ccc(O[C@H]3CCN(CCCF)C3)cc2)c2ccc(N)cc2CCC1. The van der Waals surface area contributed by atoms with Crippen LogP contribution in [-0.2, 0) is 6.42 Å². The second-order valence-electron chi connectivity index (χ2n) is 10.4. The average molecular weight is 537 g/mol. The lowest BCUT2D eigenvalue weighted by Gasteiger charge is -2.20. The fourth-order valence-corrected chi connectivity index (χ4v) is 5.83. The summed E-state index contributed by atoms with van der Waals surface area (Å²) in [4.78, 5) is 2.25. The molecule has 206 valence electrons. The summed E-state index contributed by atoms with van der Waals surface area (Å²) < 4.78 is 49.1. The van der Waals surface area contributed by atoms with Crippen molar-refractivity contribution < 1.29 is 22.6 Å². The monoisotopic (exact) mass is 536 g/mol. The molecule has 1 saturated heterocycles. The highest BCUT2D eigenvalue weighted by molar-refractivity contribution is 6.00. The molecule has 0 spiro atoms. The number of allylic oxidation sites excluding steroid dienone is 1. The van der Waals surface area contributed by atoms with Gasteiger partial charge in [-0.25, -0.2) is 0 Å². The number of ether oxygens (including phenoxy) is 2. The van der Waals surface area contributed by atoms with E-state index in [1.165, 1.54) is 11.1 Å². The standard InChI is InChI=1S/C32H35F3N2O2/c1-21-18-26(39-32(34)35)11-13-28(21)30-5-2-4-23-19-24(36)8-12-29(23)31(30)22-6-9-25(10-7-22)38-27-14-17-37(20-27)16-3-15-33/h6-13,18-19,27,32H,2-5,14-17,20,36H2,1H3/t27-/m0/s1. The number of fused-ring (bicyclic) bond motifs is 1. The number of alkyl halides is 3. The largest absolute Gasteiger partial charge is 0.489 e. The zero-order valence-corrected chi connectivity index (χ0v) is 22.3. The van der Waals surface area contributed by atoms with Crippen LogP contribution in [0, 0.1) is 6.92 Å². The molecule has 0 amide bonds. The van der Waals surface area contributed by atoms with Crippen LogP contribution in [0.25, 0.3) is 11.1 Å². The maximum atomic E-state index is 12.8. The van der Waals surface area contributed by atoms with Gasteiger partial charge in [0.2, 0.25) is 0 Å². The van der Waals surface area contributed by atoms with Gasteiger partial charge < -0.3 is 15.2 Å². The van der Waals surface area contributed by atoms with Crippen molar-refractivity contribution >= 4 is 16.8 Å². The van der Waals surface area contributed by atoms with E-state index >= 15 is 0 Å². The van der Waals surface area contributed by atoms with Crippen molar-refractivity contribution in [1.29, 1.82) is 0 Å². The number of nitrogens with zero attached hydrogens (tertiary/aromatic N) is 1. The molecule has 4 nitrogen and oxygen atoms in total. The number of nitrogen functional groups attached to an aromatic ring is 1. The zero-order valence-electron chi connectivity index (χ0n) is 22.3. The summed E-state index contributed by atoms with van der Waals surface area (Å²) in [6.07, 6.45) is 4.29. The van der Waals surface area contributed by atoms with Crippen molar-refractivity contribution in [3.8, 4) is 11.5 Å². The molecule has 1 heterocycles. The van der Waals surface area contributed by atoms with Crippen molar-refractivity contribution in [3.05, 3.63) is 88.5 Å². The first-order valence-corrected chi connectivity index (χ1v) is 13.6. The molecule has 3 aromatic rings. The minimum atomic E-state index is -2.86. The second-order valence-corrected chi connectivity index (χ2v) is 10.4. The van der Waals surface area contributed by atoms with Gasteiger partial charge >= 0.3 is 6.61 Å². The van der Waals surface area contributed by atoms with Gasteiger partial charge in [-0.1, -0.05) is 24.3 Å². The molecule has 0 saturated carbocycles. The number of halogens is 3. The quantitative estimate of drug-likeness (QED) is 0.292. The van der Waals surface area contributed by atoms with Gasteiger partial charge in [-0.15, -0.1) is 0 Å². The Kier molecular flexibility index (Phi) is 8.46. The Labute approximate surface area is 228 Å². The Bertz CT molecular complexity index is 1320. The van der Waals surface area contributed by atoms with E-state index in [2.05, 4.69) is 33.9 Å². The number of aryl methyl sites for hydroxylation is 2. The van der Waals surface area contributed by atoms with E-state index in [-0.39, 0.29) is 18.5 Å². The van der Waals surface area contributed by atoms with Gasteiger partial charge in [0.15, 0.2) is 0 Å². The van der Waals surface area contributed by atoms with E-state index in [1.807, 2.05) is 31.2 Å². The van der Waals surface area contributed by atoms with Crippen LogP contribution in [0.5, 0.6) is 11.5 Å². The molecule has 0 unspecified atom stereocenters. The van der Waals surface area contributed by atoms with Crippen molar-refractivity contribution in [2.75, 3.05) is 32.0 Å². The number of rotatable bonds is 9. The lowest BCUT2D eigenvalue weighted by molar-refractivity contribution is -0.0498. The average Bonchev–Trinajstić information content (AvgIpc) is 3.27. The van der Waals surface area contributed by atoms with Gasteiger partial charge in [0.25, 0.3) is 0 Å². The molecule has 2 aliphatic rings. The van der Waals surface area contributed by atoms with E-state index in [0.717, 1.165) is 84.6 Å². The van der Waals surface area contributed by atoms with Crippen LogP contribution in [0.2, 0.25) is 0 Å². The predicted octanol–water partition coefficient (Wildman–Crippen LogP) is 7.29. The molecule has 5 rings (SSSR count). The summed E-state index contributed by atoms with van der Waals surface area (Å²) in [6.45, 7) is 1.30. The molecule has 1 aliphatic carbocycles. The molecule has 7 heteroatoms. The summed E-state index contributed by atoms with van der Waals surface area (Å²) in [5, 5.41) is 0. The highest BCUT2D eigenvalue weighted by Crippen LogP contribution is 2.42. The van der Waals surface area contributed by atoms with E-state index in [4.69, 9.17) is 10.5 Å². The first-order valence-electron chi connectivity index (χ1n) is 13.6. The molecule has 0 aromatic heterocycles. The smallest absolute Gasteiger partial charge is 0.387 e. The number of nitrogens with two attached hydrogens (primary N) is 1. The molecule has 0 radical (unpaired) electrons. The highest BCUT2D eigenvalue weighted by Gasteiger charge is 2.25. The summed E-state index contributed by atoms with van der Waals surface area (Å²) in [5.74, 6) is 0.973. The molecule has 3 aromatic carbocycles. The summed E-state index contributed by atoms with van der Waals surface area (Å²) in [6, 6.07) is 19.5. The Morgan fingerprint density at radius 2 is 1.74 bits per heavy atom. The van der Waals surface area contributed by atoms with Gasteiger partial charge in [-0.3, -0.25) is 9.29 Å². The summed E-state index contributed by atoms with van der Waals surface area (Å²) in [7, 11) is 0. The van der Waals surface area contributed by atoms with Crippen LogP contribution in [0.4, 0.5) is 18.9 Å². The van der Waals surface area contributed by atoms with Crippen LogP contribution >= 0.6 is 0 Å². The Morgan fingerprint density at radius 1 is 0.974 bits per heavy atom. The van der Waals surface area contributed by atoms with Gasteiger partial charge in [0.1, 0.15) is 17.6 Å². The minimum Gasteiger partial charge on any atom is -0.489 e. The lowest BCUT2D eigenvalue weighted by Crippen LogP contribution is -2.26. The third-order valence-electron chi connectivity index (χ3n) is 7.60. The number of hydrogen-bond donors (Lipinski definition) is 1. The maximum absolute atomic E-state index is 12.8. The van der Waals surface area contributed by atoms with Crippen LogP contribution in [-0.4, -0.2) is 43.9 Å². The Morgan fingerprint density at radius 3 is 2.49 bits per heavy atom. The predicted molar refractivity (Wildman–Crippen MR) is 150 cm³/mol. The first kappa shape index (κ1) is 27.1. The second kappa shape index (κ2) is 12.2. The number of hydrogen-bond acceptors (Lipinski definition) is 4. The fraction of sp³-hybridized carbons (Fsp3) is 0.375. The number of benzene rings is 3. The highest BCUT2D eigenvalue weighted by atomic mass is 19.3. The van der Waals surface area contributed by atoms with Crippen LogP contribution in [0.15, 0.2) is 60.7 Å². The van der Waals surface area contributed by atoms with E-state index in [1.54, 1.807) is 12.1 Å². The van der Waals surface area contributed by atoms with Crippen molar-refractivity contribution in [2.45, 2.75) is 51.7 Å². The van der Waals surface area contributed by atoms with E-state index in [0.29, 0.717) is 6.42 Å². The van der Waals surface area contributed by atoms with Gasteiger partial charge in [0, 0.05) is 25.3 Å². The number of likely N-dealkylation sites (tertiary alicyclic amines) is 1. The normalized spacial score (nSPS) is 17.8. The van der Waals surface area contributed by atoms with Crippen molar-refractivity contribution in [1.82, 2.24) is 4.90 Å². The van der Waals surface area contributed by atoms with Crippen LogP contribution in [0.1, 0.15) is 53.5 Å². The van der Waals surface area contributed by atoms with Crippen LogP contribution < -0.4 is 15.2 Å². The Balaban J connectivity index is 1.49.